The Labute approximate surface area is 200 Å². The van der Waals surface area contributed by atoms with Gasteiger partial charge in [0.05, 0.1) is 38.4 Å². The summed E-state index contributed by atoms with van der Waals surface area (Å²) in [6, 6.07) is 0. The first-order chi connectivity index (χ1) is 15.6. The second-order valence-electron chi connectivity index (χ2n) is 7.34. The Balaban J connectivity index is -0.000000469. The highest BCUT2D eigenvalue weighted by atomic mass is 31.2. The van der Waals surface area contributed by atoms with E-state index in [1.165, 1.54) is 57.8 Å². The lowest BCUT2D eigenvalue weighted by molar-refractivity contribution is -0.0328. The van der Waals surface area contributed by atoms with Crippen molar-refractivity contribution >= 4 is 25.8 Å². The number of rotatable bonds is 19. The Bertz CT molecular complexity index is 341. The summed E-state index contributed by atoms with van der Waals surface area (Å²) in [5, 5.41) is 34.0. The van der Waals surface area contributed by atoms with Crippen LogP contribution in [0.5, 0.6) is 0 Å². The molecule has 33 heavy (non-hydrogen) atoms. The van der Waals surface area contributed by atoms with Crippen LogP contribution in [0, 0.1) is 5.41 Å². The molecule has 0 heterocycles. The van der Waals surface area contributed by atoms with E-state index in [1.807, 2.05) is 0 Å². The van der Waals surface area contributed by atoms with Gasteiger partial charge in [-0.3, -0.25) is 0 Å². The van der Waals surface area contributed by atoms with E-state index in [-0.39, 0.29) is 0 Å². The van der Waals surface area contributed by atoms with E-state index < -0.39 is 57.6 Å². The van der Waals surface area contributed by atoms with Gasteiger partial charge in [-0.1, -0.05) is 71.1 Å². The molecule has 0 aromatic carbocycles. The summed E-state index contributed by atoms with van der Waals surface area (Å²) < 4.78 is 8.30. The van der Waals surface area contributed by atoms with Gasteiger partial charge in [-0.15, -0.1) is 0 Å². The van der Waals surface area contributed by atoms with Crippen LogP contribution in [0.4, 0.5) is 0 Å². The zero-order valence-electron chi connectivity index (χ0n) is 19.4. The average Bonchev–Trinajstić information content (AvgIpc) is 2.76. The maximum atomic E-state index is 8.51. The first kappa shape index (κ1) is 38.3. The quantitative estimate of drug-likeness (QED) is 0.0829. The van der Waals surface area contributed by atoms with Gasteiger partial charge in [0.25, 0.3) is 0 Å². The first-order valence-electron chi connectivity index (χ1n) is 10.9. The Kier molecular flexibility index (Phi) is 33.7. The van der Waals surface area contributed by atoms with Crippen molar-refractivity contribution in [3.63, 3.8) is 0 Å². The molecule has 0 aliphatic rings. The third kappa shape index (κ3) is 32.8. The molecule has 0 atom stereocenters. The van der Waals surface area contributed by atoms with Crippen LogP contribution in [0.25, 0.3) is 0 Å². The molecule has 0 amide bonds. The molecule has 15 heteroatoms. The minimum atomic E-state index is -2.61. The third-order valence-electron chi connectivity index (χ3n) is 4.44. The Hall–Kier alpha value is 0.810. The Morgan fingerprint density at radius 3 is 1.06 bits per heavy atom. The molecule has 0 aliphatic carbocycles. The largest absolute Gasteiger partial charge is 0.396 e. The number of aliphatic hydroxyl groups excluding tert-OH is 4. The fourth-order valence-corrected chi connectivity index (χ4v) is 3.09. The van der Waals surface area contributed by atoms with Gasteiger partial charge in [-0.2, -0.15) is 0 Å². The molecule has 0 aromatic rings. The summed E-state index contributed by atoms with van der Waals surface area (Å²) in [6.07, 6.45) is 14.3. The minimum absolute atomic E-state index is 0.406. The summed E-state index contributed by atoms with van der Waals surface area (Å²) in [5.74, 6) is 0. The number of aliphatic hydroxyl groups is 4. The van der Waals surface area contributed by atoms with Crippen molar-refractivity contribution in [2.45, 2.75) is 77.6 Å². The molecule has 0 saturated carbocycles. The third-order valence-corrected chi connectivity index (χ3v) is 6.02. The normalized spacial score (nSPS) is 11.5. The lowest BCUT2D eigenvalue weighted by atomic mass is 9.93. The van der Waals surface area contributed by atoms with Crippen molar-refractivity contribution in [3.8, 4) is 0 Å². The molecular weight excluding hydrogens is 501 g/mol. The Morgan fingerprint density at radius 1 is 0.515 bits per heavy atom. The van der Waals surface area contributed by atoms with E-state index in [9.17, 15) is 0 Å². The Morgan fingerprint density at radius 2 is 0.848 bits per heavy atom. The predicted octanol–water partition coefficient (Wildman–Crippen LogP) is 1.89. The van der Waals surface area contributed by atoms with Gasteiger partial charge in [0.2, 0.25) is 0 Å². The summed E-state index contributed by atoms with van der Waals surface area (Å²) in [6.45, 7) is 1.11. The average molecular weight is 546 g/mol. The van der Waals surface area contributed by atoms with Crippen molar-refractivity contribution in [1.29, 1.82) is 0 Å². The lowest BCUT2D eigenvalue weighted by Gasteiger charge is -2.23. The van der Waals surface area contributed by atoms with Crippen LogP contribution in [-0.4, -0.2) is 82.8 Å². The molecule has 0 unspecified atom stereocenters. The van der Waals surface area contributed by atoms with Gasteiger partial charge in [-0.25, -0.2) is 4.31 Å². The van der Waals surface area contributed by atoms with E-state index in [2.05, 4.69) is 11.2 Å². The topological polar surface area (TPSA) is 221 Å². The maximum absolute atomic E-state index is 8.51. The van der Waals surface area contributed by atoms with Crippen LogP contribution >= 0.6 is 25.8 Å². The fraction of sp³-hybridized carbons (Fsp3) is 1.00. The summed E-state index contributed by atoms with van der Waals surface area (Å²) in [5.41, 5.74) is -1.11. The zero-order valence-corrected chi connectivity index (χ0v) is 22.1. The highest BCUT2D eigenvalue weighted by molar-refractivity contribution is 7.53. The van der Waals surface area contributed by atoms with Crippen LogP contribution in [-0.2, 0) is 8.83 Å². The number of hydrogen-bond donors (Lipinski definition) is 10. The second-order valence-corrected chi connectivity index (χ2v) is 9.77. The van der Waals surface area contributed by atoms with Crippen LogP contribution in [0.15, 0.2) is 0 Å². The van der Waals surface area contributed by atoms with Gasteiger partial charge in [-0.05, 0) is 6.42 Å². The van der Waals surface area contributed by atoms with Crippen molar-refractivity contribution in [1.82, 2.24) is 0 Å². The monoisotopic (exact) mass is 546 g/mol. The molecular formula is C18H45O12P3. The number of hydrogen-bond acceptors (Lipinski definition) is 12. The highest BCUT2D eigenvalue weighted by Crippen LogP contribution is 2.41. The van der Waals surface area contributed by atoms with Crippen LogP contribution in [0.3, 0.4) is 0 Å². The highest BCUT2D eigenvalue weighted by Gasteiger charge is 2.26. The van der Waals surface area contributed by atoms with Crippen LogP contribution in [0.2, 0.25) is 0 Å². The summed E-state index contributed by atoms with van der Waals surface area (Å²) in [7, 11) is -7.36. The molecule has 204 valence electrons. The van der Waals surface area contributed by atoms with Gasteiger partial charge < -0.3 is 54.3 Å². The van der Waals surface area contributed by atoms with Gasteiger partial charge >= 0.3 is 25.8 Å². The molecule has 0 spiro atoms. The minimum Gasteiger partial charge on any atom is -0.396 e. The molecule has 12 nitrogen and oxygen atoms in total. The molecule has 0 radical (unpaired) electrons. The van der Waals surface area contributed by atoms with E-state index in [4.69, 9.17) is 54.3 Å². The molecule has 0 aliphatic heterocycles. The SMILES string of the molecule is CCCCCCCCCCCCCOP(O)O.OCC(CO)(CO)CO.OP(O)OP(O)O. The molecule has 0 bridgehead atoms. The van der Waals surface area contributed by atoms with Crippen molar-refractivity contribution < 1.29 is 58.6 Å². The second kappa shape index (κ2) is 29.0. The molecule has 0 fully saturated rings. The molecule has 0 saturated heterocycles. The van der Waals surface area contributed by atoms with Crippen LogP contribution < -0.4 is 0 Å². The lowest BCUT2D eigenvalue weighted by Crippen LogP contribution is -2.37. The van der Waals surface area contributed by atoms with Crippen molar-refractivity contribution in [2.24, 2.45) is 5.41 Å². The summed E-state index contributed by atoms with van der Waals surface area (Å²) >= 11 is 0. The first-order valence-corrected chi connectivity index (χ1v) is 14.4. The smallest absolute Gasteiger partial charge is 0.334 e. The van der Waals surface area contributed by atoms with E-state index >= 15 is 0 Å². The molecule has 0 aromatic heterocycles. The fourth-order valence-electron chi connectivity index (χ4n) is 2.28. The van der Waals surface area contributed by atoms with Gasteiger partial charge in [0.1, 0.15) is 0 Å². The van der Waals surface area contributed by atoms with Crippen molar-refractivity contribution in [3.05, 3.63) is 0 Å². The molecule has 10 N–H and O–H groups in total. The summed E-state index contributed by atoms with van der Waals surface area (Å²) in [4.78, 5) is 48.3. The molecule has 0 rings (SSSR count). The predicted molar refractivity (Wildman–Crippen MR) is 128 cm³/mol. The van der Waals surface area contributed by atoms with E-state index in [0.29, 0.717) is 6.61 Å². The van der Waals surface area contributed by atoms with E-state index in [1.54, 1.807) is 0 Å². The number of unbranched alkanes of at least 4 members (excludes halogenated alkanes) is 10. The zero-order chi connectivity index (χ0) is 26.0. The maximum Gasteiger partial charge on any atom is 0.334 e. The van der Waals surface area contributed by atoms with Gasteiger partial charge in [0.15, 0.2) is 0 Å². The van der Waals surface area contributed by atoms with Gasteiger partial charge in [0, 0.05) is 0 Å². The van der Waals surface area contributed by atoms with Crippen molar-refractivity contribution in [2.75, 3.05) is 33.0 Å². The standard InChI is InChI=1S/C13H29O3P.C5H12O4.H4O5P2/c1-2-3-4-5-6-7-8-9-10-11-12-13-16-17(14)15;6-1-5(2-7,3-8)4-9;1-6(2)5-7(3)4/h14-15H,2-13H2,1H3;6-9H,1-4H2;1-4H. The van der Waals surface area contributed by atoms with Crippen LogP contribution in [0.1, 0.15) is 77.6 Å². The van der Waals surface area contributed by atoms with E-state index in [0.717, 1.165) is 12.8 Å².